The largest absolute Gasteiger partial charge is 0.467 e. The van der Waals surface area contributed by atoms with E-state index in [0.29, 0.717) is 13.2 Å². The van der Waals surface area contributed by atoms with Crippen molar-refractivity contribution in [3.8, 4) is 0 Å². The fraction of sp³-hybridized carbons (Fsp3) is 0.692. The van der Waals surface area contributed by atoms with E-state index in [1.54, 1.807) is 0 Å². The molecule has 108 valence electrons. The van der Waals surface area contributed by atoms with E-state index in [0.717, 1.165) is 23.4 Å². The maximum Gasteiger partial charge on any atom is 0.330 e. The van der Waals surface area contributed by atoms with Gasteiger partial charge in [-0.15, -0.1) is 0 Å². The van der Waals surface area contributed by atoms with Crippen molar-refractivity contribution in [2.24, 2.45) is 11.8 Å². The number of hydrogen-bond acceptors (Lipinski definition) is 5. The minimum atomic E-state index is -0.781. The average Bonchev–Trinajstić information content (AvgIpc) is 2.31. The summed E-state index contributed by atoms with van der Waals surface area (Å²) >= 11 is 0. The summed E-state index contributed by atoms with van der Waals surface area (Å²) in [4.78, 5) is 23.7. The summed E-state index contributed by atoms with van der Waals surface area (Å²) < 4.78 is 9.75. The minimum Gasteiger partial charge on any atom is -0.467 e. The molecule has 0 aromatic carbocycles. The molecular formula is C13H22N2O4. The molecular weight excluding hydrogens is 248 g/mol. The van der Waals surface area contributed by atoms with E-state index in [1.807, 2.05) is 13.8 Å². The van der Waals surface area contributed by atoms with Crippen molar-refractivity contribution in [3.63, 3.8) is 0 Å². The molecule has 1 amide bonds. The molecule has 6 heteroatoms. The Morgan fingerprint density at radius 2 is 2.16 bits per heavy atom. The molecule has 0 bridgehead atoms. The van der Waals surface area contributed by atoms with Crippen molar-refractivity contribution < 1.29 is 19.1 Å². The molecule has 1 unspecified atom stereocenters. The predicted octanol–water partition coefficient (Wildman–Crippen LogP) is 0.623. The maximum absolute atomic E-state index is 12.0. The van der Waals surface area contributed by atoms with Crippen molar-refractivity contribution in [2.75, 3.05) is 20.3 Å². The third kappa shape index (κ3) is 4.04. The molecule has 0 saturated carbocycles. The summed E-state index contributed by atoms with van der Waals surface area (Å²) in [6.45, 7) is 4.73. The fourth-order valence-electron chi connectivity index (χ4n) is 1.98. The summed E-state index contributed by atoms with van der Waals surface area (Å²) in [6.07, 6.45) is 3.26. The van der Waals surface area contributed by atoms with Gasteiger partial charge in [-0.3, -0.25) is 9.80 Å². The first kappa shape index (κ1) is 15.7. The van der Waals surface area contributed by atoms with Gasteiger partial charge < -0.3 is 9.47 Å². The van der Waals surface area contributed by atoms with Crippen LogP contribution in [0.3, 0.4) is 0 Å². The summed E-state index contributed by atoms with van der Waals surface area (Å²) in [7, 11) is 1.28. The van der Waals surface area contributed by atoms with Crippen molar-refractivity contribution in [1.29, 1.82) is 0 Å². The van der Waals surface area contributed by atoms with Gasteiger partial charge in [-0.05, 0) is 13.3 Å². The summed E-state index contributed by atoms with van der Waals surface area (Å²) in [6, 6.07) is -0.781. The number of hydrogen-bond donors (Lipinski definition) is 1. The van der Waals surface area contributed by atoms with Gasteiger partial charge in [0.25, 0.3) is 5.91 Å². The topological polar surface area (TPSA) is 81.9 Å². The van der Waals surface area contributed by atoms with Gasteiger partial charge in [0, 0.05) is 12.0 Å². The lowest BCUT2D eigenvalue weighted by Crippen LogP contribution is -2.57. The number of methoxy groups -OCH3 is 1. The Labute approximate surface area is 113 Å². The van der Waals surface area contributed by atoms with Crippen molar-refractivity contribution >= 4 is 11.9 Å². The van der Waals surface area contributed by atoms with E-state index in [1.165, 1.54) is 13.2 Å². The summed E-state index contributed by atoms with van der Waals surface area (Å²) in [5.41, 5.74) is 0.941. The van der Waals surface area contributed by atoms with E-state index < -0.39 is 12.0 Å². The second-order valence-corrected chi connectivity index (χ2v) is 4.75. The highest BCUT2D eigenvalue weighted by Crippen LogP contribution is 2.20. The van der Waals surface area contributed by atoms with E-state index in [4.69, 9.17) is 15.3 Å². The lowest BCUT2D eigenvalue weighted by Gasteiger charge is -2.36. The highest BCUT2D eigenvalue weighted by molar-refractivity contribution is 5.91. The molecule has 0 aromatic heterocycles. The Morgan fingerprint density at radius 3 is 2.58 bits per heavy atom. The number of nitrogens with zero attached hydrogens (tertiary/aromatic N) is 1. The first-order valence-electron chi connectivity index (χ1n) is 6.41. The van der Waals surface area contributed by atoms with Crippen molar-refractivity contribution in [3.05, 3.63) is 11.6 Å². The first-order chi connectivity index (χ1) is 9.01. The monoisotopic (exact) mass is 270 g/mol. The third-order valence-electron chi connectivity index (χ3n) is 3.12. The van der Waals surface area contributed by atoms with E-state index in [9.17, 15) is 9.59 Å². The van der Waals surface area contributed by atoms with Crippen LogP contribution in [0.15, 0.2) is 11.6 Å². The lowest BCUT2D eigenvalue weighted by atomic mass is 9.97. The third-order valence-corrected chi connectivity index (χ3v) is 3.12. The van der Waals surface area contributed by atoms with Crippen LogP contribution in [0.4, 0.5) is 0 Å². The molecule has 19 heavy (non-hydrogen) atoms. The number of nitrogens with two attached hydrogens (primary N) is 1. The molecule has 2 N–H and O–H groups in total. The number of carbonyl (C=O) groups is 2. The molecule has 1 aliphatic rings. The standard InChI is InChI=1S/C13H22N2O4/c1-4-5-9(2)6-11(16)15(14)12(13(17)18-3)10-7-19-8-10/h6,10,12H,4-5,7-8,14H2,1-3H3/b9-6+. The molecule has 0 aliphatic carbocycles. The Bertz CT molecular complexity index is 364. The van der Waals surface area contributed by atoms with Gasteiger partial charge in [-0.25, -0.2) is 10.6 Å². The number of esters is 1. The molecule has 1 fully saturated rings. The van der Waals surface area contributed by atoms with Gasteiger partial charge in [-0.2, -0.15) is 0 Å². The van der Waals surface area contributed by atoms with Crippen LogP contribution in [0.5, 0.6) is 0 Å². The molecule has 1 saturated heterocycles. The molecule has 0 aromatic rings. The summed E-state index contributed by atoms with van der Waals surface area (Å²) in [5.74, 6) is 4.79. The second-order valence-electron chi connectivity index (χ2n) is 4.75. The van der Waals surface area contributed by atoms with Crippen LogP contribution in [0.1, 0.15) is 26.7 Å². The Kier molecular flexibility index (Phi) is 5.98. The van der Waals surface area contributed by atoms with Crippen LogP contribution >= 0.6 is 0 Å². The maximum atomic E-state index is 12.0. The molecule has 1 aliphatic heterocycles. The van der Waals surface area contributed by atoms with Gasteiger partial charge in [0.15, 0.2) is 6.04 Å². The van der Waals surface area contributed by atoms with Gasteiger partial charge >= 0.3 is 5.97 Å². The SMILES string of the molecule is CCC/C(C)=C/C(=O)N(N)C(C(=O)OC)C1COC1. The fourth-order valence-corrected chi connectivity index (χ4v) is 1.98. The van der Waals surface area contributed by atoms with Gasteiger partial charge in [0.05, 0.1) is 20.3 Å². The summed E-state index contributed by atoms with van der Waals surface area (Å²) in [5, 5.41) is 0.957. The van der Waals surface area contributed by atoms with Crippen molar-refractivity contribution in [1.82, 2.24) is 5.01 Å². The van der Waals surface area contributed by atoms with E-state index in [2.05, 4.69) is 0 Å². The number of ether oxygens (including phenoxy) is 2. The number of allylic oxidation sites excluding steroid dienone is 1. The molecule has 1 heterocycles. The average molecular weight is 270 g/mol. The quantitative estimate of drug-likeness (QED) is 0.251. The molecule has 1 rings (SSSR count). The van der Waals surface area contributed by atoms with Crippen molar-refractivity contribution in [2.45, 2.75) is 32.7 Å². The van der Waals surface area contributed by atoms with Gasteiger partial charge in [0.2, 0.25) is 0 Å². The van der Waals surface area contributed by atoms with E-state index in [-0.39, 0.29) is 11.8 Å². The Balaban J connectivity index is 2.75. The first-order valence-corrected chi connectivity index (χ1v) is 6.41. The number of rotatable bonds is 6. The number of hydrazine groups is 1. The molecule has 1 atom stereocenters. The van der Waals surface area contributed by atoms with Gasteiger partial charge in [0.1, 0.15) is 0 Å². The zero-order valence-electron chi connectivity index (χ0n) is 11.7. The highest BCUT2D eigenvalue weighted by atomic mass is 16.5. The normalized spacial score (nSPS) is 17.6. The lowest BCUT2D eigenvalue weighted by molar-refractivity contribution is -0.163. The molecule has 6 nitrogen and oxygen atoms in total. The second kappa shape index (κ2) is 7.25. The Morgan fingerprint density at radius 1 is 1.53 bits per heavy atom. The van der Waals surface area contributed by atoms with Crippen LogP contribution in [0.2, 0.25) is 0 Å². The van der Waals surface area contributed by atoms with Crippen LogP contribution in [-0.4, -0.2) is 43.3 Å². The molecule has 0 spiro atoms. The highest BCUT2D eigenvalue weighted by Gasteiger charge is 2.39. The van der Waals surface area contributed by atoms with E-state index >= 15 is 0 Å². The number of carbonyl (C=O) groups excluding carboxylic acids is 2. The minimum absolute atomic E-state index is 0.0960. The number of amides is 1. The van der Waals surface area contributed by atoms with Crippen LogP contribution in [-0.2, 0) is 19.1 Å². The van der Waals surface area contributed by atoms with Crippen LogP contribution in [0.25, 0.3) is 0 Å². The van der Waals surface area contributed by atoms with Gasteiger partial charge in [-0.1, -0.05) is 18.9 Å². The smallest absolute Gasteiger partial charge is 0.330 e. The Hall–Kier alpha value is -1.40. The predicted molar refractivity (Wildman–Crippen MR) is 69.8 cm³/mol. The van der Waals surface area contributed by atoms with Crippen LogP contribution in [0, 0.1) is 5.92 Å². The zero-order valence-corrected chi connectivity index (χ0v) is 11.7. The molecule has 0 radical (unpaired) electrons. The zero-order chi connectivity index (χ0) is 14.4. The van der Waals surface area contributed by atoms with Crippen LogP contribution < -0.4 is 5.84 Å².